The number of aromatic nitrogens is 4. The summed E-state index contributed by atoms with van der Waals surface area (Å²) >= 11 is 0. The summed E-state index contributed by atoms with van der Waals surface area (Å²) in [5, 5.41) is 14.9. The molecule has 3 aromatic heterocycles. The minimum atomic E-state index is -0.538. The number of carbonyl (C=O) groups is 1. The molecule has 0 radical (unpaired) electrons. The first kappa shape index (κ1) is 22.2. The van der Waals surface area contributed by atoms with Crippen molar-refractivity contribution in [3.8, 4) is 17.1 Å². The van der Waals surface area contributed by atoms with E-state index < -0.39 is 5.91 Å². The van der Waals surface area contributed by atoms with Crippen LogP contribution in [-0.2, 0) is 7.05 Å². The average Bonchev–Trinajstić information content (AvgIpc) is 3.55. The van der Waals surface area contributed by atoms with Gasteiger partial charge in [-0.25, -0.2) is 14.8 Å². The maximum atomic E-state index is 13.0. The number of amides is 1. The van der Waals surface area contributed by atoms with Gasteiger partial charge < -0.3 is 4.42 Å². The van der Waals surface area contributed by atoms with Crippen molar-refractivity contribution in [1.82, 2.24) is 25.0 Å². The Hall–Kier alpha value is -5.31. The molecule has 0 aliphatic carbocycles. The lowest BCUT2D eigenvalue weighted by molar-refractivity contribution is 0.0950. The normalized spacial score (nSPS) is 11.5. The quantitative estimate of drug-likeness (QED) is 0.288. The van der Waals surface area contributed by atoms with Gasteiger partial charge >= 0.3 is 0 Å². The summed E-state index contributed by atoms with van der Waals surface area (Å²) in [7, 11) is 1.51. The van der Waals surface area contributed by atoms with E-state index in [-0.39, 0.29) is 11.3 Å². The third-order valence-corrected chi connectivity index (χ3v) is 5.96. The average molecular weight is 489 g/mol. The summed E-state index contributed by atoms with van der Waals surface area (Å²) < 4.78 is 8.92. The van der Waals surface area contributed by atoms with Crippen LogP contribution < -0.4 is 11.0 Å². The highest BCUT2D eigenvalue weighted by Gasteiger charge is 2.17. The van der Waals surface area contributed by atoms with Gasteiger partial charge in [0.2, 0.25) is 0 Å². The van der Waals surface area contributed by atoms with Crippen LogP contribution in [0, 0.1) is 0 Å². The summed E-state index contributed by atoms with van der Waals surface area (Å²) in [6, 6.07) is 26.1. The smallest absolute Gasteiger partial charge is 0.292 e. The van der Waals surface area contributed by atoms with Gasteiger partial charge in [0.15, 0.2) is 11.5 Å². The molecule has 3 aromatic carbocycles. The van der Waals surface area contributed by atoms with Crippen molar-refractivity contribution in [2.45, 2.75) is 0 Å². The minimum Gasteiger partial charge on any atom is -0.454 e. The van der Waals surface area contributed by atoms with Gasteiger partial charge in [-0.15, -0.1) is 0 Å². The summed E-state index contributed by atoms with van der Waals surface area (Å²) in [6.07, 6.45) is 3.32. The summed E-state index contributed by atoms with van der Waals surface area (Å²) in [5.74, 6) is 0.0400. The number of benzene rings is 3. The number of carbonyl (C=O) groups excluding carboxylic acids is 1. The van der Waals surface area contributed by atoms with E-state index in [1.165, 1.54) is 13.3 Å². The third kappa shape index (κ3) is 4.08. The van der Waals surface area contributed by atoms with Gasteiger partial charge in [0, 0.05) is 29.6 Å². The lowest BCUT2D eigenvalue weighted by Gasteiger charge is -2.06. The van der Waals surface area contributed by atoms with Crippen molar-refractivity contribution in [3.05, 3.63) is 113 Å². The molecule has 9 nitrogen and oxygen atoms in total. The molecule has 1 N–H and O–H groups in total. The van der Waals surface area contributed by atoms with E-state index in [1.54, 1.807) is 28.9 Å². The highest BCUT2D eigenvalue weighted by Crippen LogP contribution is 2.29. The lowest BCUT2D eigenvalue weighted by Crippen LogP contribution is -2.27. The topological polar surface area (TPSA) is 107 Å². The third-order valence-electron chi connectivity index (χ3n) is 5.96. The fraction of sp³-hybridized carbons (Fsp3) is 0.0357. The monoisotopic (exact) mass is 488 g/mol. The van der Waals surface area contributed by atoms with Gasteiger partial charge in [-0.2, -0.15) is 15.3 Å². The maximum absolute atomic E-state index is 13.0. The molecule has 0 aliphatic rings. The number of fused-ring (bicyclic) bond motifs is 2. The first-order valence-corrected chi connectivity index (χ1v) is 11.5. The molecule has 0 atom stereocenters. The fourth-order valence-corrected chi connectivity index (χ4v) is 4.17. The predicted octanol–water partition coefficient (Wildman–Crippen LogP) is 4.30. The van der Waals surface area contributed by atoms with E-state index in [9.17, 15) is 9.59 Å². The Morgan fingerprint density at radius 1 is 0.946 bits per heavy atom. The molecule has 37 heavy (non-hydrogen) atoms. The number of para-hydroxylation sites is 2. The first-order valence-electron chi connectivity index (χ1n) is 11.5. The summed E-state index contributed by atoms with van der Waals surface area (Å²) in [5.41, 5.74) is 5.18. The van der Waals surface area contributed by atoms with Crippen molar-refractivity contribution in [2.75, 3.05) is 0 Å². The molecule has 6 aromatic rings. The van der Waals surface area contributed by atoms with Crippen LogP contribution in [0.2, 0.25) is 0 Å². The molecule has 180 valence electrons. The van der Waals surface area contributed by atoms with Gasteiger partial charge in [-0.05, 0) is 30.3 Å². The first-order chi connectivity index (χ1) is 18.1. The Balaban J connectivity index is 1.36. The highest BCUT2D eigenvalue weighted by molar-refractivity contribution is 6.05. The van der Waals surface area contributed by atoms with E-state index in [1.807, 2.05) is 66.9 Å². The second kappa shape index (κ2) is 9.04. The molecular formula is C28H20N6O3. The Morgan fingerprint density at radius 3 is 2.49 bits per heavy atom. The molecule has 0 bridgehead atoms. The summed E-state index contributed by atoms with van der Waals surface area (Å²) in [6.45, 7) is 0. The van der Waals surface area contributed by atoms with E-state index in [0.717, 1.165) is 21.3 Å². The number of hydrogen-bond acceptors (Lipinski definition) is 6. The second-order valence-electron chi connectivity index (χ2n) is 8.38. The second-order valence-corrected chi connectivity index (χ2v) is 8.38. The summed E-state index contributed by atoms with van der Waals surface area (Å²) in [4.78, 5) is 25.3. The number of hydrogen-bond donors (Lipinski definition) is 1. The van der Waals surface area contributed by atoms with E-state index >= 15 is 0 Å². The zero-order valence-electron chi connectivity index (χ0n) is 19.7. The SMILES string of the molecule is Cn1nc(C(=O)N/N=C/c2cn(-c3ccccc3)nc2-c2cc3ccccc3o2)c2ccccc2c1=O. The van der Waals surface area contributed by atoms with Crippen molar-refractivity contribution < 1.29 is 9.21 Å². The van der Waals surface area contributed by atoms with Crippen LogP contribution in [0.3, 0.4) is 0 Å². The molecule has 0 spiro atoms. The number of hydrazone groups is 1. The number of rotatable bonds is 5. The Labute approximate surface area is 210 Å². The van der Waals surface area contributed by atoms with Gasteiger partial charge in [0.05, 0.1) is 17.3 Å². The predicted molar refractivity (Wildman–Crippen MR) is 141 cm³/mol. The largest absolute Gasteiger partial charge is 0.454 e. The van der Waals surface area contributed by atoms with Crippen molar-refractivity contribution >= 4 is 33.9 Å². The molecule has 0 fully saturated rings. The molecule has 0 saturated heterocycles. The molecule has 1 amide bonds. The van der Waals surface area contributed by atoms with Gasteiger partial charge in [-0.1, -0.05) is 54.6 Å². The molecule has 0 aliphatic heterocycles. The Kier molecular flexibility index (Phi) is 5.42. The van der Waals surface area contributed by atoms with Crippen molar-refractivity contribution in [3.63, 3.8) is 0 Å². The molecule has 6 rings (SSSR count). The van der Waals surface area contributed by atoms with E-state index in [2.05, 4.69) is 15.6 Å². The van der Waals surface area contributed by atoms with E-state index in [4.69, 9.17) is 9.52 Å². The van der Waals surface area contributed by atoms with Crippen molar-refractivity contribution in [2.24, 2.45) is 12.1 Å². The standard InChI is InChI=1S/C28H20N6O3/c1-33-28(36)22-13-7-6-12-21(22)26(31-33)27(35)30-29-16-19-17-34(20-10-3-2-4-11-20)32-25(19)24-15-18-9-5-8-14-23(18)37-24/h2-17H,1H3,(H,30,35)/b29-16+. The molecular weight excluding hydrogens is 468 g/mol. The highest BCUT2D eigenvalue weighted by atomic mass is 16.3. The van der Waals surface area contributed by atoms with Crippen LogP contribution in [0.5, 0.6) is 0 Å². The van der Waals surface area contributed by atoms with Gasteiger partial charge in [0.1, 0.15) is 11.3 Å². The zero-order chi connectivity index (χ0) is 25.4. The molecule has 9 heteroatoms. The molecule has 0 unspecified atom stereocenters. The molecule has 0 saturated carbocycles. The Morgan fingerprint density at radius 2 is 1.68 bits per heavy atom. The number of nitrogens with one attached hydrogen (secondary N) is 1. The Bertz CT molecular complexity index is 1830. The van der Waals surface area contributed by atoms with Gasteiger partial charge in [0.25, 0.3) is 11.5 Å². The van der Waals surface area contributed by atoms with Crippen LogP contribution in [0.1, 0.15) is 16.1 Å². The van der Waals surface area contributed by atoms with Crippen LogP contribution in [0.25, 0.3) is 38.9 Å². The van der Waals surface area contributed by atoms with Crippen LogP contribution in [0.15, 0.2) is 105 Å². The van der Waals surface area contributed by atoms with E-state index in [0.29, 0.717) is 27.8 Å². The van der Waals surface area contributed by atoms with Crippen LogP contribution in [-0.4, -0.2) is 31.7 Å². The molecule has 3 heterocycles. The fourth-order valence-electron chi connectivity index (χ4n) is 4.17. The van der Waals surface area contributed by atoms with Crippen molar-refractivity contribution in [1.29, 1.82) is 0 Å². The number of aryl methyl sites for hydroxylation is 1. The number of nitrogens with zero attached hydrogens (tertiary/aromatic N) is 5. The maximum Gasteiger partial charge on any atom is 0.292 e. The zero-order valence-corrected chi connectivity index (χ0v) is 19.7. The lowest BCUT2D eigenvalue weighted by atomic mass is 10.1. The minimum absolute atomic E-state index is 0.104. The van der Waals surface area contributed by atoms with Crippen LogP contribution >= 0.6 is 0 Å². The number of furan rings is 1. The van der Waals surface area contributed by atoms with Crippen LogP contribution in [0.4, 0.5) is 0 Å². The van der Waals surface area contributed by atoms with Gasteiger partial charge in [-0.3, -0.25) is 9.59 Å².